The van der Waals surface area contributed by atoms with E-state index in [1.54, 1.807) is 0 Å². The molecule has 4 N–H and O–H groups in total. The number of nitrogens with two attached hydrogens (primary N) is 1. The van der Waals surface area contributed by atoms with E-state index in [-0.39, 0.29) is 25.9 Å². The number of phosphoric acid groups is 1. The van der Waals surface area contributed by atoms with Crippen LogP contribution < -0.4 is 11.4 Å². The maximum Gasteiger partial charge on any atom is 0.472 e. The second-order valence-corrected chi connectivity index (χ2v) is 18.6. The van der Waals surface area contributed by atoms with E-state index in [4.69, 9.17) is 29.0 Å². The van der Waals surface area contributed by atoms with Gasteiger partial charge in [0.1, 0.15) is 18.9 Å². The van der Waals surface area contributed by atoms with Crippen molar-refractivity contribution in [2.24, 2.45) is 5.92 Å². The first-order valence-corrected chi connectivity index (χ1v) is 25.3. The van der Waals surface area contributed by atoms with Crippen LogP contribution >= 0.6 is 7.82 Å². The van der Waals surface area contributed by atoms with E-state index in [1.807, 2.05) is 0 Å². The monoisotopic (exact) mass is 888 g/mol. The summed E-state index contributed by atoms with van der Waals surface area (Å²) in [5.41, 5.74) is 4.50. The van der Waals surface area contributed by atoms with Gasteiger partial charge >= 0.3 is 25.5 Å². The lowest BCUT2D eigenvalue weighted by Crippen LogP contribution is -2.37. The maximum atomic E-state index is 14.1. The molecule has 1 aliphatic carbocycles. The molecular weight excluding hydrogens is 808 g/mol. The molecule has 61 heavy (non-hydrogen) atoms. The third-order valence-corrected chi connectivity index (χ3v) is 12.9. The van der Waals surface area contributed by atoms with Crippen LogP contribution in [0.25, 0.3) is 0 Å². The first kappa shape index (κ1) is 52.9. The van der Waals surface area contributed by atoms with E-state index in [0.717, 1.165) is 49.3 Å². The molecule has 2 aliphatic rings. The summed E-state index contributed by atoms with van der Waals surface area (Å²) in [7, 11) is -4.83. The Morgan fingerprint density at radius 1 is 0.803 bits per heavy atom. The van der Waals surface area contributed by atoms with Crippen molar-refractivity contribution in [3.63, 3.8) is 0 Å². The number of esters is 2. The number of phosphoric ester groups is 1. The van der Waals surface area contributed by atoms with Crippen molar-refractivity contribution in [1.82, 2.24) is 9.55 Å². The SMILES string of the molecule is CCCCCCCCCCCCCCCC(=O)OC[C@H](COP(=O)(O)OC1C[C@@H]2[C@H](O)[C@@H]1O[C@H]2n1cc(F)c(N)nc1=O)OC(=O)CCCCCCCCCCCCCCC. The summed E-state index contributed by atoms with van der Waals surface area (Å²) < 4.78 is 55.5. The average Bonchev–Trinajstić information content (AvgIpc) is 3.70. The number of rotatable bonds is 37. The Hall–Kier alpha value is -2.42. The molecule has 7 atom stereocenters. The molecule has 0 aromatic carbocycles. The van der Waals surface area contributed by atoms with Gasteiger partial charge in [-0.05, 0) is 19.3 Å². The van der Waals surface area contributed by atoms with Crippen molar-refractivity contribution >= 4 is 25.6 Å². The Kier molecular flexibility index (Phi) is 26.6. The molecule has 1 saturated carbocycles. The number of aromatic nitrogens is 2. The molecule has 0 spiro atoms. The number of nitrogens with zero attached hydrogens (tertiary/aromatic N) is 2. The Morgan fingerprint density at radius 2 is 1.26 bits per heavy atom. The first-order valence-electron chi connectivity index (χ1n) is 23.8. The number of aliphatic hydroxyl groups excluding tert-OH is 1. The van der Waals surface area contributed by atoms with Crippen LogP contribution in [0.2, 0.25) is 0 Å². The number of hydrogen-bond acceptors (Lipinski definition) is 12. The highest BCUT2D eigenvalue weighted by molar-refractivity contribution is 7.47. The van der Waals surface area contributed by atoms with Gasteiger partial charge in [0.2, 0.25) is 0 Å². The fraction of sp³-hybridized carbons (Fsp3) is 0.867. The molecule has 3 rings (SSSR count). The molecule has 2 bridgehead atoms. The van der Waals surface area contributed by atoms with Crippen molar-refractivity contribution in [2.45, 2.75) is 231 Å². The summed E-state index contributed by atoms with van der Waals surface area (Å²) in [4.78, 5) is 52.0. The lowest BCUT2D eigenvalue weighted by molar-refractivity contribution is -0.161. The molecule has 2 fully saturated rings. The smallest absolute Gasteiger partial charge is 0.462 e. The molecule has 14 nitrogen and oxygen atoms in total. The zero-order valence-corrected chi connectivity index (χ0v) is 38.2. The average molecular weight is 888 g/mol. The van der Waals surface area contributed by atoms with Crippen molar-refractivity contribution < 1.29 is 51.8 Å². The van der Waals surface area contributed by atoms with Gasteiger partial charge in [-0.1, -0.05) is 168 Å². The number of ether oxygens (including phenoxy) is 3. The van der Waals surface area contributed by atoms with Gasteiger partial charge in [-0.15, -0.1) is 0 Å². The van der Waals surface area contributed by atoms with Crippen molar-refractivity contribution in [1.29, 1.82) is 0 Å². The van der Waals surface area contributed by atoms with E-state index >= 15 is 0 Å². The van der Waals surface area contributed by atoms with Crippen LogP contribution in [0.15, 0.2) is 11.0 Å². The number of unbranched alkanes of at least 4 members (excludes halogenated alkanes) is 24. The largest absolute Gasteiger partial charge is 0.472 e. The van der Waals surface area contributed by atoms with Crippen LogP contribution in [-0.4, -0.2) is 69.1 Å². The first-order chi connectivity index (χ1) is 29.5. The van der Waals surface area contributed by atoms with Crippen LogP contribution in [0.1, 0.15) is 206 Å². The number of nitrogen functional groups attached to an aromatic ring is 1. The minimum absolute atomic E-state index is 0.0167. The van der Waals surface area contributed by atoms with Gasteiger partial charge in [0.25, 0.3) is 0 Å². The van der Waals surface area contributed by atoms with E-state index < -0.39 is 80.3 Å². The third-order valence-electron chi connectivity index (χ3n) is 11.9. The van der Waals surface area contributed by atoms with Crippen LogP contribution in [0, 0.1) is 11.7 Å². The minimum Gasteiger partial charge on any atom is -0.462 e. The standard InChI is InChI=1S/C45H79FN3O11P/c1-3-5-7-9-11-13-15-17-19-21-23-25-27-29-39(50)56-33-35(58-40(51)30-28-26-24-22-20-18-16-14-12-10-8-6-4-2)34-57-61(54,55)60-38-31-36-41(52)42(38)59-44(36)49-32-37(46)43(47)48-45(49)53/h32,35-36,38,41-42,44,52H,3-31,33-34H2,1-2H3,(H,54,55)(H2,47,48,53)/t35-,36-,38?,41+,42-,44-/m1/s1. The Balaban J connectivity index is 1.40. The van der Waals surface area contributed by atoms with E-state index in [2.05, 4.69) is 18.8 Å². The number of halogens is 1. The number of carbonyl (C=O) groups excluding carboxylic acids is 2. The summed E-state index contributed by atoms with van der Waals surface area (Å²) in [5, 5.41) is 10.8. The summed E-state index contributed by atoms with van der Waals surface area (Å²) in [6.45, 7) is 3.51. The van der Waals surface area contributed by atoms with Crippen molar-refractivity contribution in [2.75, 3.05) is 18.9 Å². The van der Waals surface area contributed by atoms with Gasteiger partial charge in [-0.3, -0.25) is 23.2 Å². The highest BCUT2D eigenvalue weighted by atomic mass is 31.2. The molecule has 2 unspecified atom stereocenters. The predicted molar refractivity (Wildman–Crippen MR) is 233 cm³/mol. The Morgan fingerprint density at radius 3 is 1.72 bits per heavy atom. The van der Waals surface area contributed by atoms with E-state index in [9.17, 15) is 33.3 Å². The van der Waals surface area contributed by atoms with Gasteiger partial charge in [0.15, 0.2) is 17.7 Å². The molecule has 0 amide bonds. The zero-order chi connectivity index (χ0) is 44.3. The Labute approximate surface area is 364 Å². The van der Waals surface area contributed by atoms with Crippen LogP contribution in [0.3, 0.4) is 0 Å². The normalized spacial score (nSPS) is 21.1. The van der Waals surface area contributed by atoms with Gasteiger partial charge in [0, 0.05) is 18.8 Å². The molecule has 16 heteroatoms. The van der Waals surface area contributed by atoms with Gasteiger partial charge in [0.05, 0.1) is 25.0 Å². The number of fused-ring (bicyclic) bond motifs is 2. The lowest BCUT2D eigenvalue weighted by Gasteiger charge is -2.29. The van der Waals surface area contributed by atoms with Crippen LogP contribution in [0.4, 0.5) is 10.2 Å². The lowest BCUT2D eigenvalue weighted by atomic mass is 10.0. The molecule has 1 aromatic rings. The predicted octanol–water partition coefficient (Wildman–Crippen LogP) is 10.2. The van der Waals surface area contributed by atoms with Crippen molar-refractivity contribution in [3.05, 3.63) is 22.5 Å². The zero-order valence-electron chi connectivity index (χ0n) is 37.3. The summed E-state index contributed by atoms with van der Waals surface area (Å²) in [6, 6.07) is 0. The highest BCUT2D eigenvalue weighted by Gasteiger charge is 2.57. The van der Waals surface area contributed by atoms with Gasteiger partial charge in [-0.2, -0.15) is 4.98 Å². The second-order valence-electron chi connectivity index (χ2n) is 17.2. The van der Waals surface area contributed by atoms with Crippen LogP contribution in [-0.2, 0) is 37.4 Å². The van der Waals surface area contributed by atoms with Gasteiger partial charge in [-0.25, -0.2) is 13.8 Å². The summed E-state index contributed by atoms with van der Waals surface area (Å²) in [5.74, 6) is -3.28. The molecule has 1 saturated heterocycles. The molecule has 1 aromatic heterocycles. The number of carbonyl (C=O) groups is 2. The highest BCUT2D eigenvalue weighted by Crippen LogP contribution is 2.53. The van der Waals surface area contributed by atoms with Crippen molar-refractivity contribution in [3.8, 4) is 0 Å². The number of hydrogen-bond donors (Lipinski definition) is 3. The van der Waals surface area contributed by atoms with Gasteiger partial charge < -0.3 is 29.9 Å². The number of aliphatic hydroxyl groups is 1. The van der Waals surface area contributed by atoms with Crippen LogP contribution in [0.5, 0.6) is 0 Å². The maximum absolute atomic E-state index is 14.1. The summed E-state index contributed by atoms with van der Waals surface area (Å²) >= 11 is 0. The summed E-state index contributed by atoms with van der Waals surface area (Å²) in [6.07, 6.45) is 26.0. The topological polar surface area (TPSA) is 199 Å². The third kappa shape index (κ3) is 21.2. The van der Waals surface area contributed by atoms with E-state index in [0.29, 0.717) is 12.8 Å². The fourth-order valence-corrected chi connectivity index (χ4v) is 9.27. The fourth-order valence-electron chi connectivity index (χ4n) is 8.31. The van der Waals surface area contributed by atoms with E-state index in [1.165, 1.54) is 116 Å². The minimum atomic E-state index is -4.83. The molecule has 0 radical (unpaired) electrons. The molecule has 1 aliphatic heterocycles. The molecule has 352 valence electrons. The second kappa shape index (κ2) is 30.6. The Bertz CT molecular complexity index is 1490. The molecule has 2 heterocycles. The molecular formula is C45H79FN3O11P. The number of anilines is 1. The quantitative estimate of drug-likeness (QED) is 0.0324.